The summed E-state index contributed by atoms with van der Waals surface area (Å²) in [7, 11) is -4.30. The van der Waals surface area contributed by atoms with E-state index >= 15 is 0 Å². The standard InChI is InChI=1S/C31H36FN3O4S/c1-2-28(31(37)33-25-15-9-10-16-25)34(22-21-24-13-5-3-6-14-24)30(36)23-35(29-20-12-11-19-27(29)32)40(38,39)26-17-7-4-8-18-26/h3-8,11-14,17-20,25,28H,2,9-10,15-16,21-23H2,1H3,(H,33,37)/t28-/m1/s1. The maximum absolute atomic E-state index is 15.0. The van der Waals surface area contributed by atoms with Crippen molar-refractivity contribution in [1.29, 1.82) is 0 Å². The molecule has 0 aliphatic heterocycles. The molecule has 9 heteroatoms. The Balaban J connectivity index is 1.67. The van der Waals surface area contributed by atoms with Gasteiger partial charge in [0.15, 0.2) is 0 Å². The summed E-state index contributed by atoms with van der Waals surface area (Å²) < 4.78 is 43.3. The third-order valence-corrected chi connectivity index (χ3v) is 9.08. The minimum absolute atomic E-state index is 0.0621. The average Bonchev–Trinajstić information content (AvgIpc) is 3.48. The van der Waals surface area contributed by atoms with E-state index in [2.05, 4.69) is 5.32 Å². The second-order valence-electron chi connectivity index (χ2n) is 10.0. The first kappa shape index (κ1) is 29.3. The summed E-state index contributed by atoms with van der Waals surface area (Å²) in [4.78, 5) is 28.8. The van der Waals surface area contributed by atoms with Gasteiger partial charge in [-0.2, -0.15) is 0 Å². The molecule has 212 valence electrons. The highest BCUT2D eigenvalue weighted by Gasteiger charge is 2.35. The summed E-state index contributed by atoms with van der Waals surface area (Å²) in [5, 5.41) is 3.09. The number of sulfonamides is 1. The van der Waals surface area contributed by atoms with Gasteiger partial charge in [-0.3, -0.25) is 13.9 Å². The van der Waals surface area contributed by atoms with Crippen LogP contribution in [0.25, 0.3) is 0 Å². The lowest BCUT2D eigenvalue weighted by Gasteiger charge is -2.33. The highest BCUT2D eigenvalue weighted by molar-refractivity contribution is 7.92. The molecule has 40 heavy (non-hydrogen) atoms. The average molecular weight is 566 g/mol. The predicted molar refractivity (Wildman–Crippen MR) is 154 cm³/mol. The summed E-state index contributed by atoms with van der Waals surface area (Å²) in [6.45, 7) is 1.38. The zero-order chi connectivity index (χ0) is 28.5. The number of hydrogen-bond acceptors (Lipinski definition) is 4. The minimum Gasteiger partial charge on any atom is -0.352 e. The van der Waals surface area contributed by atoms with Crippen molar-refractivity contribution in [2.24, 2.45) is 0 Å². The largest absolute Gasteiger partial charge is 0.352 e. The fourth-order valence-electron chi connectivity index (χ4n) is 5.15. The Morgan fingerprint density at radius 1 is 0.925 bits per heavy atom. The molecule has 1 N–H and O–H groups in total. The molecule has 7 nitrogen and oxygen atoms in total. The zero-order valence-electron chi connectivity index (χ0n) is 22.7. The van der Waals surface area contributed by atoms with Gasteiger partial charge in [-0.25, -0.2) is 12.8 Å². The van der Waals surface area contributed by atoms with E-state index in [1.165, 1.54) is 35.2 Å². The fourth-order valence-corrected chi connectivity index (χ4v) is 6.59. The summed E-state index contributed by atoms with van der Waals surface area (Å²) in [5.41, 5.74) is 0.750. The van der Waals surface area contributed by atoms with Gasteiger partial charge in [0.25, 0.3) is 10.0 Å². The first-order valence-electron chi connectivity index (χ1n) is 13.8. The van der Waals surface area contributed by atoms with E-state index in [0.29, 0.717) is 12.8 Å². The summed E-state index contributed by atoms with van der Waals surface area (Å²) in [5.74, 6) is -1.59. The van der Waals surface area contributed by atoms with Crippen LogP contribution in [-0.2, 0) is 26.0 Å². The van der Waals surface area contributed by atoms with Crippen LogP contribution in [-0.4, -0.2) is 50.3 Å². The number of benzene rings is 3. The monoisotopic (exact) mass is 565 g/mol. The van der Waals surface area contributed by atoms with Crippen LogP contribution in [0, 0.1) is 5.82 Å². The van der Waals surface area contributed by atoms with Crippen LogP contribution in [0.15, 0.2) is 89.8 Å². The molecule has 0 aromatic heterocycles. The number of anilines is 1. The second kappa shape index (κ2) is 13.6. The lowest BCUT2D eigenvalue weighted by molar-refractivity contribution is -0.139. The van der Waals surface area contributed by atoms with Gasteiger partial charge >= 0.3 is 0 Å². The van der Waals surface area contributed by atoms with E-state index < -0.39 is 34.3 Å². The number of hydrogen-bond donors (Lipinski definition) is 1. The van der Waals surface area contributed by atoms with E-state index in [4.69, 9.17) is 0 Å². The van der Waals surface area contributed by atoms with Crippen molar-refractivity contribution in [2.75, 3.05) is 17.4 Å². The van der Waals surface area contributed by atoms with Crippen LogP contribution in [0.1, 0.15) is 44.6 Å². The van der Waals surface area contributed by atoms with Crippen molar-refractivity contribution in [2.45, 2.75) is 62.4 Å². The molecule has 0 bridgehead atoms. The predicted octanol–water partition coefficient (Wildman–Crippen LogP) is 4.93. The van der Waals surface area contributed by atoms with Gasteiger partial charge in [0, 0.05) is 12.6 Å². The summed E-state index contributed by atoms with van der Waals surface area (Å²) >= 11 is 0. The molecule has 0 saturated heterocycles. The highest BCUT2D eigenvalue weighted by atomic mass is 32.2. The Morgan fingerprint density at radius 3 is 2.15 bits per heavy atom. The Morgan fingerprint density at radius 2 is 1.52 bits per heavy atom. The quantitative estimate of drug-likeness (QED) is 0.338. The molecule has 4 rings (SSSR count). The molecular weight excluding hydrogens is 529 g/mol. The van der Waals surface area contributed by atoms with Crippen molar-refractivity contribution in [1.82, 2.24) is 10.2 Å². The SMILES string of the molecule is CC[C@H](C(=O)NC1CCCC1)N(CCc1ccccc1)C(=O)CN(c1ccccc1F)S(=O)(=O)c1ccccc1. The third kappa shape index (κ3) is 7.07. The molecule has 1 saturated carbocycles. The number of carbonyl (C=O) groups is 2. The number of para-hydroxylation sites is 1. The Kier molecular flexibility index (Phi) is 9.93. The molecule has 2 amide bonds. The van der Waals surface area contributed by atoms with Crippen LogP contribution >= 0.6 is 0 Å². The highest BCUT2D eigenvalue weighted by Crippen LogP contribution is 2.27. The Labute approximate surface area is 236 Å². The van der Waals surface area contributed by atoms with Gasteiger partial charge in [-0.1, -0.05) is 80.4 Å². The van der Waals surface area contributed by atoms with Gasteiger partial charge < -0.3 is 10.2 Å². The lowest BCUT2D eigenvalue weighted by Crippen LogP contribution is -2.54. The molecule has 1 aliphatic rings. The zero-order valence-corrected chi connectivity index (χ0v) is 23.5. The first-order chi connectivity index (χ1) is 19.3. The fraction of sp³-hybridized carbons (Fsp3) is 0.355. The van der Waals surface area contributed by atoms with Gasteiger partial charge in [-0.05, 0) is 55.5 Å². The summed E-state index contributed by atoms with van der Waals surface area (Å²) in [6.07, 6.45) is 4.73. The summed E-state index contributed by atoms with van der Waals surface area (Å²) in [6, 6.07) is 22.0. The van der Waals surface area contributed by atoms with Crippen LogP contribution in [0.3, 0.4) is 0 Å². The normalized spacial score (nSPS) is 14.4. The van der Waals surface area contributed by atoms with Gasteiger partial charge in [0.1, 0.15) is 18.4 Å². The number of carbonyl (C=O) groups excluding carboxylic acids is 2. The van der Waals surface area contributed by atoms with Crippen LogP contribution in [0.2, 0.25) is 0 Å². The molecule has 0 radical (unpaired) electrons. The third-order valence-electron chi connectivity index (χ3n) is 7.30. The number of amides is 2. The van der Waals surface area contributed by atoms with E-state index in [9.17, 15) is 22.4 Å². The smallest absolute Gasteiger partial charge is 0.264 e. The van der Waals surface area contributed by atoms with Gasteiger partial charge in [0.2, 0.25) is 11.8 Å². The Hall–Kier alpha value is -3.72. The lowest BCUT2D eigenvalue weighted by atomic mass is 10.1. The molecule has 1 aliphatic carbocycles. The van der Waals surface area contributed by atoms with Crippen molar-refractivity contribution >= 4 is 27.5 Å². The number of nitrogens with zero attached hydrogens (tertiary/aromatic N) is 2. The Bertz CT molecular complexity index is 1380. The molecule has 1 atom stereocenters. The number of rotatable bonds is 12. The topological polar surface area (TPSA) is 86.8 Å². The van der Waals surface area contributed by atoms with E-state index in [-0.39, 0.29) is 29.1 Å². The van der Waals surface area contributed by atoms with Crippen molar-refractivity contribution in [3.63, 3.8) is 0 Å². The van der Waals surface area contributed by atoms with E-state index in [0.717, 1.165) is 41.6 Å². The van der Waals surface area contributed by atoms with Crippen LogP contribution in [0.5, 0.6) is 0 Å². The van der Waals surface area contributed by atoms with E-state index in [1.807, 2.05) is 37.3 Å². The van der Waals surface area contributed by atoms with Crippen LogP contribution in [0.4, 0.5) is 10.1 Å². The second-order valence-corrected chi connectivity index (χ2v) is 11.9. The number of halogens is 1. The van der Waals surface area contributed by atoms with Gasteiger partial charge in [-0.15, -0.1) is 0 Å². The minimum atomic E-state index is -4.30. The maximum atomic E-state index is 15.0. The molecule has 0 spiro atoms. The number of nitrogens with one attached hydrogen (secondary N) is 1. The van der Waals surface area contributed by atoms with Crippen molar-refractivity contribution in [3.8, 4) is 0 Å². The van der Waals surface area contributed by atoms with E-state index in [1.54, 1.807) is 18.2 Å². The van der Waals surface area contributed by atoms with Crippen molar-refractivity contribution < 1.29 is 22.4 Å². The first-order valence-corrected chi connectivity index (χ1v) is 15.2. The molecule has 3 aromatic carbocycles. The molecule has 0 unspecified atom stereocenters. The molecule has 0 heterocycles. The van der Waals surface area contributed by atoms with Crippen LogP contribution < -0.4 is 9.62 Å². The molecular formula is C31H36FN3O4S. The van der Waals surface area contributed by atoms with Crippen molar-refractivity contribution in [3.05, 3.63) is 96.3 Å². The van der Waals surface area contributed by atoms with Gasteiger partial charge in [0.05, 0.1) is 10.6 Å². The maximum Gasteiger partial charge on any atom is 0.264 e. The molecule has 3 aromatic rings. The molecule has 1 fully saturated rings.